The molecule has 136 heavy (non-hydrogen) atoms. The number of hydrogen-bond acceptors (Lipinski definition) is 19. The van der Waals surface area contributed by atoms with Crippen LogP contribution in [0.25, 0.3) is 38.6 Å². The summed E-state index contributed by atoms with van der Waals surface area (Å²) in [6.07, 6.45) is 27.6. The van der Waals surface area contributed by atoms with E-state index in [2.05, 4.69) is 208 Å². The summed E-state index contributed by atoms with van der Waals surface area (Å²) < 4.78 is 149. The van der Waals surface area contributed by atoms with Crippen molar-refractivity contribution in [1.82, 2.24) is 0 Å². The number of nitrogens with one attached hydrogen (secondary N) is 1. The maximum absolute atomic E-state index is 12.3. The number of allylic oxidation sites excluding steroid dienone is 18. The number of fused-ring (bicyclic) bond motifs is 2. The molecule has 10 aromatic carbocycles. The fourth-order valence-corrected chi connectivity index (χ4v) is 18.6. The van der Waals surface area contributed by atoms with Gasteiger partial charge in [0.2, 0.25) is 5.71 Å². The summed E-state index contributed by atoms with van der Waals surface area (Å²) in [4.78, 5) is 10.3. The number of aromatic hydroxyl groups is 2. The van der Waals surface area contributed by atoms with E-state index in [9.17, 15) is 62.1 Å². The van der Waals surface area contributed by atoms with Crippen molar-refractivity contribution in [1.29, 1.82) is 0 Å². The molecule has 0 atom stereocenters. The molecular formula is C108H118ClN9O14S4+2. The first-order valence-electron chi connectivity index (χ1n) is 43.4. The molecule has 0 saturated carbocycles. The molecule has 23 nitrogen and oxygen atoms in total. The maximum atomic E-state index is 12.3. The molecule has 0 fully saturated rings. The third kappa shape index (κ3) is 25.2. The molecule has 0 bridgehead atoms. The second-order valence-electron chi connectivity index (χ2n) is 32.9. The third-order valence-corrected chi connectivity index (χ3v) is 26.8. The lowest BCUT2D eigenvalue weighted by molar-refractivity contribution is -0.519. The fraction of sp³-hybridized carbons (Fsp3) is 0.204. The van der Waals surface area contributed by atoms with E-state index in [1.54, 1.807) is 48.6 Å². The Morgan fingerprint density at radius 2 is 0.750 bits per heavy atom. The number of rotatable bonds is 22. The zero-order valence-electron chi connectivity index (χ0n) is 80.1. The summed E-state index contributed by atoms with van der Waals surface area (Å²) in [5.41, 5.74) is 24.3. The molecule has 10 aromatic rings. The average molecular weight is 1930 g/mol. The smallest absolute Gasteiger partial charge is 0.206 e. The maximum Gasteiger partial charge on any atom is 0.206 e. The Labute approximate surface area is 808 Å². The highest BCUT2D eigenvalue weighted by atomic mass is 35.5. The zero-order chi connectivity index (χ0) is 97.6. The summed E-state index contributed by atoms with van der Waals surface area (Å²) in [5.74, 6) is -1.71. The fourth-order valence-electron chi connectivity index (χ4n) is 15.9. The van der Waals surface area contributed by atoms with Crippen LogP contribution in [0.4, 0.5) is 28.4 Å². The van der Waals surface area contributed by atoms with Gasteiger partial charge in [-0.25, -0.2) is 52.4 Å². The van der Waals surface area contributed by atoms with Crippen LogP contribution in [0.1, 0.15) is 90.3 Å². The Bertz CT molecular complexity index is 7040. The van der Waals surface area contributed by atoms with Gasteiger partial charge >= 0.3 is 0 Å². The number of halogens is 1. The lowest BCUT2D eigenvalue weighted by atomic mass is 9.83. The Balaban J connectivity index is 0.000000204. The summed E-state index contributed by atoms with van der Waals surface area (Å²) in [5, 5.41) is 22.7. The van der Waals surface area contributed by atoms with Gasteiger partial charge in [0.25, 0.3) is 0 Å². The quantitative estimate of drug-likeness (QED) is 0.0322. The first-order valence-corrected chi connectivity index (χ1v) is 49.4. The molecule has 708 valence electrons. The van der Waals surface area contributed by atoms with Crippen LogP contribution in [-0.2, 0) is 40.5 Å². The van der Waals surface area contributed by atoms with Crippen LogP contribution in [0.2, 0.25) is 5.02 Å². The van der Waals surface area contributed by atoms with Crippen molar-refractivity contribution in [2.75, 3.05) is 142 Å². The first-order chi connectivity index (χ1) is 63.5. The molecular weight excluding hydrogens is 1810 g/mol. The number of phenols is 2. The lowest BCUT2D eigenvalue weighted by Gasteiger charge is -2.23. The third-order valence-electron chi connectivity index (χ3n) is 23.0. The topological polar surface area (TPSA) is 308 Å². The van der Waals surface area contributed by atoms with Gasteiger partial charge in [-0.05, 0) is 263 Å². The summed E-state index contributed by atoms with van der Waals surface area (Å²) in [6.45, 7) is 14.2. The van der Waals surface area contributed by atoms with E-state index >= 15 is 0 Å². The van der Waals surface area contributed by atoms with Gasteiger partial charge in [-0.15, -0.1) is 0 Å². The highest BCUT2D eigenvalue weighted by molar-refractivity contribution is 7.87. The van der Waals surface area contributed by atoms with Crippen molar-refractivity contribution in [3.05, 3.63) is 384 Å². The van der Waals surface area contributed by atoms with Crippen molar-refractivity contribution in [3.8, 4) is 11.5 Å². The Kier molecular flexibility index (Phi) is 35.7. The number of benzene rings is 10. The molecule has 14 rings (SSSR count). The van der Waals surface area contributed by atoms with Crippen LogP contribution in [0, 0.1) is 14.9 Å². The number of nitrogens with zero attached hydrogens (tertiary/aromatic N) is 8. The van der Waals surface area contributed by atoms with E-state index in [1.807, 2.05) is 160 Å². The molecule has 0 radical (unpaired) electrons. The predicted octanol–water partition coefficient (Wildman–Crippen LogP) is 16.7. The van der Waals surface area contributed by atoms with Crippen molar-refractivity contribution >= 4 is 142 Å². The molecule has 4 aliphatic carbocycles. The minimum Gasteiger partial charge on any atom is -0.744 e. The summed E-state index contributed by atoms with van der Waals surface area (Å²) in [7, 11) is 3.45. The van der Waals surface area contributed by atoms with Gasteiger partial charge in [0.15, 0.2) is 17.1 Å². The Morgan fingerprint density at radius 1 is 0.375 bits per heavy atom. The van der Waals surface area contributed by atoms with E-state index in [-0.39, 0.29) is 42.3 Å². The largest absolute Gasteiger partial charge is 0.744 e. The minimum atomic E-state index is -5.25. The van der Waals surface area contributed by atoms with E-state index in [0.717, 1.165) is 107 Å². The van der Waals surface area contributed by atoms with Gasteiger partial charge in [0, 0.05) is 183 Å². The van der Waals surface area contributed by atoms with Gasteiger partial charge in [-0.1, -0.05) is 115 Å². The van der Waals surface area contributed by atoms with Crippen molar-refractivity contribution in [2.24, 2.45) is 0 Å². The molecule has 0 aliphatic heterocycles. The molecule has 28 heteroatoms. The summed E-state index contributed by atoms with van der Waals surface area (Å²) >= 11 is 6.54. The van der Waals surface area contributed by atoms with E-state index in [4.69, 9.17) is 11.6 Å². The second-order valence-corrected chi connectivity index (χ2v) is 38.7. The molecule has 0 amide bonds. The van der Waals surface area contributed by atoms with Crippen LogP contribution in [0.3, 0.4) is 0 Å². The van der Waals surface area contributed by atoms with Crippen LogP contribution in [0.15, 0.2) is 328 Å². The number of hydrogen-bond donors (Lipinski definition) is 3. The van der Waals surface area contributed by atoms with Crippen LogP contribution < -0.4 is 29.5 Å². The molecule has 0 unspecified atom stereocenters. The molecule has 0 saturated heterocycles. The molecule has 0 spiro atoms. The molecule has 0 heterocycles. The Morgan fingerprint density at radius 3 is 1.13 bits per heavy atom. The SMILES string of the molecule is CCN(CC)c1ccc(C(=C2C=CC(=[N+](CC)CC)C=C2)c2cc(O)c(S(=O)(=O)[O-])cc2S(=O)(=O)[O-])cc1.CC[NH+]=C1C=CC(=C(c2ccc(N(C)C)cc2)c2ccc(N(C)C)cc2)c2ccccc21.CN(C)c1ccc(C(=C2C=CC(=[N+](C)C)C=C2)c2c(O)c(S(=O)(=O)[O-])cc3cc(S(=O)(=O)[O-])ccc23)cc1.CN(C)c1ccc(C(=C2C=CC(=[N+](C)C)C=C2)c2ccccc2Cl)cc1.[CH3+].[CH3+]. The molecule has 0 aromatic heterocycles. The van der Waals surface area contributed by atoms with Crippen LogP contribution in [0.5, 0.6) is 11.5 Å². The van der Waals surface area contributed by atoms with Crippen molar-refractivity contribution in [3.63, 3.8) is 0 Å². The average Bonchev–Trinajstić information content (AvgIpc) is 0.732. The lowest BCUT2D eigenvalue weighted by Crippen LogP contribution is -2.72. The molecule has 4 aliphatic rings. The van der Waals surface area contributed by atoms with Crippen molar-refractivity contribution < 1.29 is 80.8 Å². The summed E-state index contributed by atoms with van der Waals surface area (Å²) in [6, 6.07) is 63.1. The van der Waals surface area contributed by atoms with E-state index in [0.29, 0.717) is 33.9 Å². The van der Waals surface area contributed by atoms with Gasteiger partial charge in [-0.3, -0.25) is 0 Å². The van der Waals surface area contributed by atoms with Gasteiger partial charge in [-0.2, -0.15) is 0 Å². The number of anilines is 5. The predicted molar refractivity (Wildman–Crippen MR) is 554 cm³/mol. The van der Waals surface area contributed by atoms with Gasteiger partial charge in [0.05, 0.1) is 25.1 Å². The van der Waals surface area contributed by atoms with Gasteiger partial charge in [0.1, 0.15) is 99.8 Å². The van der Waals surface area contributed by atoms with Gasteiger partial charge < -0.3 is 52.9 Å². The molecule has 3 N–H and O–H groups in total. The van der Waals surface area contributed by atoms with E-state index < -0.39 is 71.6 Å². The van der Waals surface area contributed by atoms with Crippen LogP contribution in [-0.4, -0.2) is 216 Å². The highest BCUT2D eigenvalue weighted by Gasteiger charge is 2.29. The zero-order valence-corrected chi connectivity index (χ0v) is 84.2. The number of phenolic OH excluding ortho intramolecular Hbond substituents is 2. The normalized spacial score (nSPS) is 13.4. The van der Waals surface area contributed by atoms with Crippen LogP contribution >= 0.6 is 11.6 Å². The Hall–Kier alpha value is -13.5. The highest BCUT2D eigenvalue weighted by Crippen LogP contribution is 2.46. The van der Waals surface area contributed by atoms with Crippen molar-refractivity contribution in [2.45, 2.75) is 54.2 Å². The standard InChI is InChI=1S/C29H31N3.C27H26N2O7S2.C27H32N2O7S2.C23H24ClN2.2CH3/c1-6-30-28-20-19-27(25-9-7-8-10-26(25)28)29(21-11-15-23(16-12-21)31(2)3)22-13-17-24(18-14-22)32(4)5;1-28(2)20-9-5-17(6-10-20)25(18-7-11-21(12-8-18)29(3)4)26-23-14-13-22(37(31,32)33)15-19(23)16-24(27(26)30)38(34,35)36;1-5-28(6-2)21-13-9-19(10-14-21)27(20-11-15-22(16-12-20)29(7-3)8-4)23-17-24(30)26(38(34,35)36)18-25(23)37(31,32)33;1-25(2)19-13-9-17(10-14-19)23(21-7-5-6-8-22(21)24)18-11-15-20(16-12-18)26(3)4;;/h7-20H,6H2,1-5H3;5-16H,1-4H3,(H2,31,32,33,34,35,36);9-18H,5-8H2,1-4H3,(H2-,30,31,32,33,34,35,36);5-16H,1-4H3;2*1H3/q;;;3*+1/p-1. The minimum absolute atomic E-state index is 0. The second kappa shape index (κ2) is 45.7. The first kappa shape index (κ1) is 106. The monoisotopic (exact) mass is 1930 g/mol. The van der Waals surface area contributed by atoms with E-state index in [1.165, 1.54) is 68.0 Å².